The molecule has 0 fully saturated rings. The smallest absolute Gasteiger partial charge is 0.194 e. The number of H-pyrrole nitrogens is 1. The zero-order chi connectivity index (χ0) is 16.1. The predicted molar refractivity (Wildman–Crippen MR) is 90.9 cm³/mol. The van der Waals surface area contributed by atoms with Gasteiger partial charge in [0, 0.05) is 38.9 Å². The lowest BCUT2D eigenvalue weighted by molar-refractivity contribution is 0.100. The summed E-state index contributed by atoms with van der Waals surface area (Å²) in [6, 6.07) is 13.1. The minimum atomic E-state index is -0.114. The molecule has 112 valence electrons. The summed E-state index contributed by atoms with van der Waals surface area (Å²) < 4.78 is 0. The Balaban J connectivity index is 1.99. The van der Waals surface area contributed by atoms with E-state index in [1.807, 2.05) is 32.0 Å². The highest BCUT2D eigenvalue weighted by atomic mass is 16.1. The van der Waals surface area contributed by atoms with E-state index in [4.69, 9.17) is 0 Å². The van der Waals surface area contributed by atoms with E-state index in [1.165, 1.54) is 6.08 Å². The van der Waals surface area contributed by atoms with Gasteiger partial charge in [-0.2, -0.15) is 0 Å². The van der Waals surface area contributed by atoms with Crippen molar-refractivity contribution < 1.29 is 9.59 Å². The molecule has 1 aliphatic rings. The Bertz CT molecular complexity index is 1020. The highest BCUT2D eigenvalue weighted by Gasteiger charge is 2.28. The number of aromatic nitrogens is 1. The van der Waals surface area contributed by atoms with Gasteiger partial charge >= 0.3 is 0 Å². The summed E-state index contributed by atoms with van der Waals surface area (Å²) in [6.07, 6.45) is 1.47. The van der Waals surface area contributed by atoms with Crippen LogP contribution in [-0.2, 0) is 0 Å². The second-order valence-corrected chi connectivity index (χ2v) is 5.97. The Hall–Kier alpha value is -2.94. The number of allylic oxidation sites excluding steroid dienone is 2. The van der Waals surface area contributed by atoms with E-state index in [-0.39, 0.29) is 11.6 Å². The largest absolute Gasteiger partial charge is 0.358 e. The van der Waals surface area contributed by atoms with E-state index < -0.39 is 0 Å². The number of hydrogen-bond acceptors (Lipinski definition) is 2. The molecule has 23 heavy (non-hydrogen) atoms. The number of carbonyl (C=O) groups is 2. The van der Waals surface area contributed by atoms with Crippen LogP contribution in [0.25, 0.3) is 16.5 Å². The Labute approximate surface area is 133 Å². The third-order valence-corrected chi connectivity index (χ3v) is 4.37. The first-order chi connectivity index (χ1) is 11.1. The second-order valence-electron chi connectivity index (χ2n) is 5.97. The maximum atomic E-state index is 12.9. The maximum absolute atomic E-state index is 12.9. The van der Waals surface area contributed by atoms with Crippen LogP contribution in [0.5, 0.6) is 0 Å². The molecule has 1 N–H and O–H groups in total. The van der Waals surface area contributed by atoms with Gasteiger partial charge in [-0.05, 0) is 32.1 Å². The number of aromatic amines is 1. The van der Waals surface area contributed by atoms with Gasteiger partial charge in [0.15, 0.2) is 11.6 Å². The van der Waals surface area contributed by atoms with Crippen molar-refractivity contribution in [1.29, 1.82) is 0 Å². The molecule has 0 atom stereocenters. The minimum Gasteiger partial charge on any atom is -0.358 e. The fourth-order valence-corrected chi connectivity index (χ4v) is 3.29. The highest BCUT2D eigenvalue weighted by molar-refractivity contribution is 6.40. The van der Waals surface area contributed by atoms with Crippen molar-refractivity contribution in [3.05, 3.63) is 76.5 Å². The molecule has 0 spiro atoms. The van der Waals surface area contributed by atoms with E-state index in [2.05, 4.69) is 4.98 Å². The third kappa shape index (κ3) is 1.97. The van der Waals surface area contributed by atoms with Crippen molar-refractivity contribution in [2.75, 3.05) is 0 Å². The zero-order valence-corrected chi connectivity index (χ0v) is 12.9. The number of rotatable bonds is 1. The first-order valence-corrected chi connectivity index (χ1v) is 7.55. The van der Waals surface area contributed by atoms with E-state index >= 15 is 0 Å². The van der Waals surface area contributed by atoms with Crippen LogP contribution in [0.1, 0.15) is 37.5 Å². The number of ketones is 2. The van der Waals surface area contributed by atoms with Gasteiger partial charge in [-0.1, -0.05) is 35.9 Å². The van der Waals surface area contributed by atoms with Gasteiger partial charge in [0.2, 0.25) is 0 Å². The molecule has 0 aliphatic heterocycles. The van der Waals surface area contributed by atoms with Crippen molar-refractivity contribution in [1.82, 2.24) is 4.98 Å². The van der Waals surface area contributed by atoms with Gasteiger partial charge in [0.05, 0.1) is 0 Å². The average molecular weight is 301 g/mol. The summed E-state index contributed by atoms with van der Waals surface area (Å²) in [5.41, 5.74) is 5.26. The van der Waals surface area contributed by atoms with Crippen LogP contribution < -0.4 is 0 Å². The lowest BCUT2D eigenvalue weighted by Crippen LogP contribution is -2.16. The number of fused-ring (bicyclic) bond motifs is 2. The molecule has 4 rings (SSSR count). The van der Waals surface area contributed by atoms with Gasteiger partial charge in [-0.15, -0.1) is 0 Å². The molecule has 2 aromatic carbocycles. The second kappa shape index (κ2) is 4.78. The van der Waals surface area contributed by atoms with Crippen LogP contribution in [0.4, 0.5) is 0 Å². The molecule has 1 aromatic heterocycles. The normalized spacial score (nSPS) is 14.1. The number of Topliss-reactive ketones (excluding diaryl/α,β-unsaturated/α-hetero) is 1. The van der Waals surface area contributed by atoms with E-state index in [9.17, 15) is 9.59 Å². The summed E-state index contributed by atoms with van der Waals surface area (Å²) >= 11 is 0. The van der Waals surface area contributed by atoms with Crippen molar-refractivity contribution >= 4 is 28.0 Å². The number of carbonyl (C=O) groups excluding carboxylic acids is 2. The van der Waals surface area contributed by atoms with Crippen LogP contribution in [0.2, 0.25) is 0 Å². The van der Waals surface area contributed by atoms with E-state index in [0.29, 0.717) is 16.7 Å². The topological polar surface area (TPSA) is 49.9 Å². The SMILES string of the molecule is Cc1ccc2[nH]c(C)c(C3=CC(=O)c4ccccc4C3=O)c2c1. The molecule has 0 unspecified atom stereocenters. The van der Waals surface area contributed by atoms with Gasteiger partial charge in [0.1, 0.15) is 0 Å². The first kappa shape index (κ1) is 13.7. The quantitative estimate of drug-likeness (QED) is 0.730. The van der Waals surface area contributed by atoms with Crippen molar-refractivity contribution in [2.45, 2.75) is 13.8 Å². The first-order valence-electron chi connectivity index (χ1n) is 7.55. The minimum absolute atomic E-state index is 0.0919. The zero-order valence-electron chi connectivity index (χ0n) is 12.9. The monoisotopic (exact) mass is 301 g/mol. The van der Waals surface area contributed by atoms with E-state index in [0.717, 1.165) is 27.7 Å². The highest BCUT2D eigenvalue weighted by Crippen LogP contribution is 2.34. The molecule has 0 amide bonds. The fourth-order valence-electron chi connectivity index (χ4n) is 3.29. The molecular formula is C20H15NO2. The Morgan fingerprint density at radius 3 is 2.43 bits per heavy atom. The lowest BCUT2D eigenvalue weighted by Gasteiger charge is -2.15. The van der Waals surface area contributed by atoms with Gasteiger partial charge in [0.25, 0.3) is 0 Å². The number of nitrogens with one attached hydrogen (secondary N) is 1. The molecule has 0 radical (unpaired) electrons. The van der Waals surface area contributed by atoms with Gasteiger partial charge < -0.3 is 4.98 Å². The van der Waals surface area contributed by atoms with Crippen LogP contribution in [0, 0.1) is 13.8 Å². The summed E-state index contributed by atoms with van der Waals surface area (Å²) in [7, 11) is 0. The molecule has 1 aliphatic carbocycles. The van der Waals surface area contributed by atoms with Gasteiger partial charge in [-0.25, -0.2) is 0 Å². The molecule has 3 heteroatoms. The third-order valence-electron chi connectivity index (χ3n) is 4.37. The van der Waals surface area contributed by atoms with Crippen molar-refractivity contribution in [3.8, 4) is 0 Å². The van der Waals surface area contributed by atoms with Crippen LogP contribution in [0.15, 0.2) is 48.5 Å². The maximum Gasteiger partial charge on any atom is 0.194 e. The van der Waals surface area contributed by atoms with Crippen LogP contribution in [-0.4, -0.2) is 16.6 Å². The number of benzene rings is 2. The standard InChI is InChI=1S/C20H15NO2/c1-11-7-8-17-15(9-11)19(12(2)21-17)16-10-18(22)13-5-3-4-6-14(13)20(16)23/h3-10,21H,1-2H3. The van der Waals surface area contributed by atoms with Crippen LogP contribution in [0.3, 0.4) is 0 Å². The molecule has 3 nitrogen and oxygen atoms in total. The van der Waals surface area contributed by atoms with Crippen molar-refractivity contribution in [2.24, 2.45) is 0 Å². The molecular weight excluding hydrogens is 286 g/mol. The van der Waals surface area contributed by atoms with Gasteiger partial charge in [-0.3, -0.25) is 9.59 Å². The predicted octanol–water partition coefficient (Wildman–Crippen LogP) is 4.25. The molecule has 0 saturated heterocycles. The lowest BCUT2D eigenvalue weighted by atomic mass is 9.85. The fraction of sp³-hybridized carbons (Fsp3) is 0.100. The number of aryl methyl sites for hydroxylation is 2. The molecule has 0 saturated carbocycles. The Morgan fingerprint density at radius 1 is 0.913 bits per heavy atom. The van der Waals surface area contributed by atoms with E-state index in [1.54, 1.807) is 24.3 Å². The van der Waals surface area contributed by atoms with Crippen LogP contribution >= 0.6 is 0 Å². The summed E-state index contributed by atoms with van der Waals surface area (Å²) in [6.45, 7) is 3.95. The number of hydrogen-bond donors (Lipinski definition) is 1. The van der Waals surface area contributed by atoms with Crippen molar-refractivity contribution in [3.63, 3.8) is 0 Å². The molecule has 1 heterocycles. The Morgan fingerprint density at radius 2 is 1.65 bits per heavy atom. The Kier molecular flexibility index (Phi) is 2.85. The average Bonchev–Trinajstić information content (AvgIpc) is 2.86. The summed E-state index contributed by atoms with van der Waals surface area (Å²) in [4.78, 5) is 28.6. The molecule has 0 bridgehead atoms. The molecule has 3 aromatic rings. The summed E-state index contributed by atoms with van der Waals surface area (Å²) in [5, 5.41) is 0.981. The summed E-state index contributed by atoms with van der Waals surface area (Å²) in [5.74, 6) is -0.206.